The molecule has 1 fully saturated rings. The first-order chi connectivity index (χ1) is 10.8. The molecule has 0 N–H and O–H groups in total. The van der Waals surface area contributed by atoms with Gasteiger partial charge >= 0.3 is 0 Å². The molecule has 0 aromatic carbocycles. The van der Waals surface area contributed by atoms with Crippen molar-refractivity contribution in [2.24, 2.45) is 5.41 Å². The van der Waals surface area contributed by atoms with Crippen molar-refractivity contribution in [3.63, 3.8) is 0 Å². The summed E-state index contributed by atoms with van der Waals surface area (Å²) in [6.07, 6.45) is 7.41. The standard InChI is InChI=1S/C18H26N4O/c1-13-9-14-11-19-12-22(14)17(20-13)15-7-5-6-8-21(15)16(23)10-18(2,3)4/h9,11-12,15H,5-8,10H2,1-4H3/t15-/m1/s1. The van der Waals surface area contributed by atoms with Crippen molar-refractivity contribution in [3.05, 3.63) is 30.1 Å². The van der Waals surface area contributed by atoms with Crippen LogP contribution in [-0.2, 0) is 4.79 Å². The van der Waals surface area contributed by atoms with Crippen molar-refractivity contribution in [1.82, 2.24) is 19.3 Å². The highest BCUT2D eigenvalue weighted by atomic mass is 16.2. The van der Waals surface area contributed by atoms with Crippen molar-refractivity contribution in [2.75, 3.05) is 6.54 Å². The third-order valence-electron chi connectivity index (χ3n) is 4.36. The molecule has 0 radical (unpaired) electrons. The highest BCUT2D eigenvalue weighted by Crippen LogP contribution is 2.32. The van der Waals surface area contributed by atoms with E-state index in [1.807, 2.05) is 28.5 Å². The first-order valence-electron chi connectivity index (χ1n) is 8.44. The van der Waals surface area contributed by atoms with Crippen LogP contribution < -0.4 is 0 Å². The van der Waals surface area contributed by atoms with Gasteiger partial charge in [-0.3, -0.25) is 9.20 Å². The van der Waals surface area contributed by atoms with Crippen LogP contribution in [0.3, 0.4) is 0 Å². The second-order valence-corrected chi connectivity index (χ2v) is 7.78. The average molecular weight is 314 g/mol. The molecule has 0 aliphatic carbocycles. The lowest BCUT2D eigenvalue weighted by Crippen LogP contribution is -2.41. The molecule has 5 nitrogen and oxygen atoms in total. The van der Waals surface area contributed by atoms with Crippen LogP contribution in [0.5, 0.6) is 0 Å². The Balaban J connectivity index is 1.97. The summed E-state index contributed by atoms with van der Waals surface area (Å²) in [6.45, 7) is 9.17. The third kappa shape index (κ3) is 3.38. The van der Waals surface area contributed by atoms with Gasteiger partial charge in [0.1, 0.15) is 12.2 Å². The number of carbonyl (C=O) groups is 1. The SMILES string of the molecule is Cc1cc2cncn2c([C@H]2CCCCN2C(=O)CC(C)(C)C)n1. The van der Waals surface area contributed by atoms with E-state index < -0.39 is 0 Å². The van der Waals surface area contributed by atoms with Crippen molar-refractivity contribution >= 4 is 11.4 Å². The lowest BCUT2D eigenvalue weighted by molar-refractivity contribution is -0.137. The molecule has 1 amide bonds. The lowest BCUT2D eigenvalue weighted by Gasteiger charge is -2.37. The number of piperidine rings is 1. The quantitative estimate of drug-likeness (QED) is 0.852. The van der Waals surface area contributed by atoms with E-state index in [0.29, 0.717) is 6.42 Å². The van der Waals surface area contributed by atoms with Crippen LogP contribution in [0.25, 0.3) is 5.52 Å². The Hall–Kier alpha value is -1.91. The Morgan fingerprint density at radius 2 is 2.13 bits per heavy atom. The Kier molecular flexibility index (Phi) is 4.13. The minimum atomic E-state index is 0.00341. The van der Waals surface area contributed by atoms with Crippen molar-refractivity contribution in [3.8, 4) is 0 Å². The molecule has 124 valence electrons. The van der Waals surface area contributed by atoms with Gasteiger partial charge in [0.15, 0.2) is 0 Å². The normalized spacial score (nSPS) is 19.3. The highest BCUT2D eigenvalue weighted by molar-refractivity contribution is 5.77. The summed E-state index contributed by atoms with van der Waals surface area (Å²) in [4.78, 5) is 23.9. The van der Waals surface area contributed by atoms with E-state index >= 15 is 0 Å². The fourth-order valence-corrected chi connectivity index (χ4v) is 3.37. The molecule has 3 heterocycles. The summed E-state index contributed by atoms with van der Waals surface area (Å²) in [5.41, 5.74) is 2.02. The molecule has 0 saturated carbocycles. The number of likely N-dealkylation sites (tertiary alicyclic amines) is 1. The maximum absolute atomic E-state index is 12.8. The zero-order valence-electron chi connectivity index (χ0n) is 14.5. The minimum Gasteiger partial charge on any atom is -0.332 e. The number of hydrogen-bond acceptors (Lipinski definition) is 3. The molecule has 2 aromatic heterocycles. The topological polar surface area (TPSA) is 50.5 Å². The number of carbonyl (C=O) groups excluding carboxylic acids is 1. The predicted octanol–water partition coefficient (Wildman–Crippen LogP) is 3.53. The lowest BCUT2D eigenvalue weighted by atomic mass is 9.90. The van der Waals surface area contributed by atoms with E-state index in [1.54, 1.807) is 6.33 Å². The highest BCUT2D eigenvalue weighted by Gasteiger charge is 2.32. The molecule has 0 bridgehead atoms. The molecule has 0 spiro atoms. The van der Waals surface area contributed by atoms with Gasteiger partial charge in [-0.1, -0.05) is 20.8 Å². The number of rotatable bonds is 2. The predicted molar refractivity (Wildman–Crippen MR) is 90.1 cm³/mol. The first kappa shape index (κ1) is 16.0. The molecular formula is C18H26N4O. The van der Waals surface area contributed by atoms with Gasteiger partial charge < -0.3 is 4.90 Å². The van der Waals surface area contributed by atoms with Crippen LogP contribution in [0.4, 0.5) is 0 Å². The summed E-state index contributed by atoms with van der Waals surface area (Å²) in [5, 5.41) is 0. The summed E-state index contributed by atoms with van der Waals surface area (Å²) in [7, 11) is 0. The van der Waals surface area contributed by atoms with Crippen molar-refractivity contribution in [1.29, 1.82) is 0 Å². The fourth-order valence-electron chi connectivity index (χ4n) is 3.37. The number of aryl methyl sites for hydroxylation is 1. The summed E-state index contributed by atoms with van der Waals surface area (Å²) in [5.74, 6) is 1.18. The molecule has 5 heteroatoms. The summed E-state index contributed by atoms with van der Waals surface area (Å²) < 4.78 is 2.03. The minimum absolute atomic E-state index is 0.00341. The molecule has 0 unspecified atom stereocenters. The molecule has 1 atom stereocenters. The van der Waals surface area contributed by atoms with E-state index in [4.69, 9.17) is 4.98 Å². The number of hydrogen-bond donors (Lipinski definition) is 0. The van der Waals surface area contributed by atoms with E-state index in [-0.39, 0.29) is 17.4 Å². The van der Waals surface area contributed by atoms with E-state index in [9.17, 15) is 4.79 Å². The van der Waals surface area contributed by atoms with Gasteiger partial charge in [0.05, 0.1) is 17.8 Å². The van der Waals surface area contributed by atoms with Crippen LogP contribution in [0, 0.1) is 12.3 Å². The van der Waals surface area contributed by atoms with Crippen molar-refractivity contribution in [2.45, 2.75) is 59.4 Å². The van der Waals surface area contributed by atoms with E-state index in [2.05, 4.69) is 25.8 Å². The Morgan fingerprint density at radius 1 is 1.35 bits per heavy atom. The number of nitrogens with zero attached hydrogens (tertiary/aromatic N) is 4. The number of amides is 1. The van der Waals surface area contributed by atoms with E-state index in [0.717, 1.165) is 42.8 Å². The van der Waals surface area contributed by atoms with Crippen LogP contribution in [0.2, 0.25) is 0 Å². The third-order valence-corrected chi connectivity index (χ3v) is 4.36. The van der Waals surface area contributed by atoms with Gasteiger partial charge in [-0.15, -0.1) is 0 Å². The monoisotopic (exact) mass is 314 g/mol. The second-order valence-electron chi connectivity index (χ2n) is 7.78. The molecule has 3 rings (SSSR count). The van der Waals surface area contributed by atoms with Crippen molar-refractivity contribution < 1.29 is 4.79 Å². The Bertz CT molecular complexity index is 713. The van der Waals surface area contributed by atoms with Crippen LogP contribution in [-0.4, -0.2) is 31.7 Å². The zero-order valence-corrected chi connectivity index (χ0v) is 14.5. The van der Waals surface area contributed by atoms with Gasteiger partial charge in [0.25, 0.3) is 0 Å². The van der Waals surface area contributed by atoms with Gasteiger partial charge in [0.2, 0.25) is 5.91 Å². The molecule has 1 aliphatic heterocycles. The maximum atomic E-state index is 12.8. The summed E-state index contributed by atoms with van der Waals surface area (Å²) >= 11 is 0. The van der Waals surface area contributed by atoms with Gasteiger partial charge in [-0.25, -0.2) is 9.97 Å². The zero-order chi connectivity index (χ0) is 16.6. The largest absolute Gasteiger partial charge is 0.332 e. The number of fused-ring (bicyclic) bond motifs is 1. The Labute approximate surface area is 137 Å². The van der Waals surface area contributed by atoms with Gasteiger partial charge in [-0.05, 0) is 37.7 Å². The fraction of sp³-hybridized carbons (Fsp3) is 0.611. The molecule has 1 saturated heterocycles. The van der Waals surface area contributed by atoms with Gasteiger partial charge in [0, 0.05) is 18.7 Å². The van der Waals surface area contributed by atoms with Crippen LogP contribution in [0.15, 0.2) is 18.6 Å². The van der Waals surface area contributed by atoms with E-state index in [1.165, 1.54) is 0 Å². The molecular weight excluding hydrogens is 288 g/mol. The van der Waals surface area contributed by atoms with Crippen LogP contribution >= 0.6 is 0 Å². The van der Waals surface area contributed by atoms with Crippen LogP contribution in [0.1, 0.15) is 64.0 Å². The maximum Gasteiger partial charge on any atom is 0.223 e. The average Bonchev–Trinajstić information content (AvgIpc) is 2.92. The number of aromatic nitrogens is 3. The first-order valence-corrected chi connectivity index (χ1v) is 8.44. The smallest absolute Gasteiger partial charge is 0.223 e. The second kappa shape index (κ2) is 5.95. The molecule has 2 aromatic rings. The summed E-state index contributed by atoms with van der Waals surface area (Å²) in [6, 6.07) is 2.08. The van der Waals surface area contributed by atoms with Gasteiger partial charge in [-0.2, -0.15) is 0 Å². The Morgan fingerprint density at radius 3 is 2.87 bits per heavy atom. The molecule has 1 aliphatic rings. The number of imidazole rings is 1. The molecule has 23 heavy (non-hydrogen) atoms.